The van der Waals surface area contributed by atoms with Crippen molar-refractivity contribution in [3.8, 4) is 0 Å². The zero-order valence-corrected chi connectivity index (χ0v) is 11.0. The van der Waals surface area contributed by atoms with Crippen molar-refractivity contribution in [2.45, 2.75) is 0 Å². The summed E-state index contributed by atoms with van der Waals surface area (Å²) in [5.74, 6) is -0.265. The zero-order chi connectivity index (χ0) is 14.1. The molecule has 0 aliphatic carbocycles. The Labute approximate surface area is 112 Å². The van der Waals surface area contributed by atoms with Crippen molar-refractivity contribution in [2.75, 3.05) is 31.7 Å². The maximum absolute atomic E-state index is 10.6. The Morgan fingerprint density at radius 3 is 3.05 bits per heavy atom. The molecule has 1 N–H and O–H groups in total. The first-order valence-corrected chi connectivity index (χ1v) is 5.90. The Morgan fingerprint density at radius 2 is 2.42 bits per heavy atom. The monoisotopic (exact) mass is 262 g/mol. The lowest BCUT2D eigenvalue weighted by molar-refractivity contribution is -0.131. The zero-order valence-electron chi connectivity index (χ0n) is 11.0. The predicted octanol–water partition coefficient (Wildman–Crippen LogP) is 1.82. The van der Waals surface area contributed by atoms with E-state index in [0.29, 0.717) is 19.7 Å². The maximum atomic E-state index is 10.6. The number of pyridine rings is 1. The van der Waals surface area contributed by atoms with E-state index in [1.54, 1.807) is 25.4 Å². The van der Waals surface area contributed by atoms with Gasteiger partial charge < -0.3 is 14.7 Å². The molecule has 1 aromatic heterocycles. The molecule has 0 amide bonds. The van der Waals surface area contributed by atoms with Crippen LogP contribution >= 0.6 is 0 Å². The molecule has 0 saturated heterocycles. The van der Waals surface area contributed by atoms with E-state index < -0.39 is 5.97 Å². The molecule has 1 heterocycles. The molecule has 0 saturated carbocycles. The first-order chi connectivity index (χ1) is 9.19. The summed E-state index contributed by atoms with van der Waals surface area (Å²) in [7, 11) is 1.63. The molecule has 1 rings (SSSR count). The average Bonchev–Trinajstić information content (AvgIpc) is 2.41. The number of carbonyl (C=O) groups is 1. The van der Waals surface area contributed by atoms with E-state index in [4.69, 9.17) is 9.84 Å². The van der Waals surface area contributed by atoms with Crippen LogP contribution in [0.1, 0.15) is 5.56 Å². The molecule has 1 aromatic rings. The second-order valence-corrected chi connectivity index (χ2v) is 3.82. The van der Waals surface area contributed by atoms with E-state index in [2.05, 4.69) is 11.6 Å². The van der Waals surface area contributed by atoms with E-state index in [0.717, 1.165) is 17.5 Å². The second kappa shape index (κ2) is 8.05. The Kier molecular flexibility index (Phi) is 6.32. The van der Waals surface area contributed by atoms with Crippen LogP contribution in [0.2, 0.25) is 0 Å². The molecule has 0 radical (unpaired) electrons. The summed E-state index contributed by atoms with van der Waals surface area (Å²) in [6, 6.07) is 3.60. The van der Waals surface area contributed by atoms with E-state index in [1.165, 1.54) is 6.08 Å². The Bertz CT molecular complexity index is 458. The molecule has 102 valence electrons. The predicted molar refractivity (Wildman–Crippen MR) is 75.2 cm³/mol. The van der Waals surface area contributed by atoms with Crippen LogP contribution in [-0.4, -0.2) is 42.9 Å². The molecule has 19 heavy (non-hydrogen) atoms. The van der Waals surface area contributed by atoms with Crippen LogP contribution < -0.4 is 4.90 Å². The molecular formula is C14H18N2O3. The number of methoxy groups -OCH3 is 1. The summed E-state index contributed by atoms with van der Waals surface area (Å²) in [6.45, 7) is 5.56. The van der Waals surface area contributed by atoms with Crippen LogP contribution in [0, 0.1) is 0 Å². The summed E-state index contributed by atoms with van der Waals surface area (Å²) in [5, 5.41) is 8.69. The van der Waals surface area contributed by atoms with E-state index in [9.17, 15) is 4.79 Å². The molecule has 0 aromatic carbocycles. The summed E-state index contributed by atoms with van der Waals surface area (Å²) in [6.07, 6.45) is 6.09. The van der Waals surface area contributed by atoms with E-state index >= 15 is 0 Å². The quantitative estimate of drug-likeness (QED) is 0.572. The minimum Gasteiger partial charge on any atom is -0.478 e. The van der Waals surface area contributed by atoms with Gasteiger partial charge in [-0.2, -0.15) is 0 Å². The van der Waals surface area contributed by atoms with Gasteiger partial charge in [0.15, 0.2) is 0 Å². The lowest BCUT2D eigenvalue weighted by atomic mass is 10.2. The Balaban J connectivity index is 3.00. The number of hydrogen-bond acceptors (Lipinski definition) is 4. The van der Waals surface area contributed by atoms with Gasteiger partial charge in [-0.1, -0.05) is 6.08 Å². The fourth-order valence-corrected chi connectivity index (χ4v) is 1.61. The number of rotatable bonds is 8. The molecule has 0 unspecified atom stereocenters. The minimum atomic E-state index is -0.984. The van der Waals surface area contributed by atoms with Crippen molar-refractivity contribution in [1.29, 1.82) is 0 Å². The van der Waals surface area contributed by atoms with Gasteiger partial charge in [0.2, 0.25) is 0 Å². The van der Waals surface area contributed by atoms with Crippen molar-refractivity contribution in [3.63, 3.8) is 0 Å². The number of nitrogens with zero attached hydrogens (tertiary/aromatic N) is 2. The van der Waals surface area contributed by atoms with Gasteiger partial charge in [-0.3, -0.25) is 0 Å². The third-order valence-electron chi connectivity index (χ3n) is 2.44. The van der Waals surface area contributed by atoms with E-state index in [-0.39, 0.29) is 0 Å². The second-order valence-electron chi connectivity index (χ2n) is 3.82. The average molecular weight is 262 g/mol. The highest BCUT2D eigenvalue weighted by molar-refractivity contribution is 5.86. The fraction of sp³-hybridized carbons (Fsp3) is 0.286. The SMILES string of the molecule is C=CCN(CCOC)c1ncccc1/C=C/C(=O)O. The lowest BCUT2D eigenvalue weighted by Crippen LogP contribution is -2.28. The molecule has 0 spiro atoms. The van der Waals surface area contributed by atoms with Gasteiger partial charge in [0, 0.05) is 38.0 Å². The number of carboxylic acids is 1. The Morgan fingerprint density at radius 1 is 1.63 bits per heavy atom. The molecular weight excluding hydrogens is 244 g/mol. The van der Waals surface area contributed by atoms with Gasteiger partial charge in [0.1, 0.15) is 5.82 Å². The minimum absolute atomic E-state index is 0.562. The van der Waals surface area contributed by atoms with Crippen molar-refractivity contribution in [3.05, 3.63) is 42.6 Å². The number of hydrogen-bond donors (Lipinski definition) is 1. The highest BCUT2D eigenvalue weighted by atomic mass is 16.5. The highest BCUT2D eigenvalue weighted by Crippen LogP contribution is 2.18. The van der Waals surface area contributed by atoms with E-state index in [1.807, 2.05) is 11.0 Å². The van der Waals surface area contributed by atoms with Crippen molar-refractivity contribution in [2.24, 2.45) is 0 Å². The van der Waals surface area contributed by atoms with Gasteiger partial charge in [0.25, 0.3) is 0 Å². The smallest absolute Gasteiger partial charge is 0.328 e. The lowest BCUT2D eigenvalue weighted by Gasteiger charge is -2.23. The third kappa shape index (κ3) is 4.93. The normalized spacial score (nSPS) is 10.6. The largest absolute Gasteiger partial charge is 0.478 e. The molecule has 0 fully saturated rings. The number of aromatic nitrogens is 1. The molecule has 0 aliphatic heterocycles. The fourth-order valence-electron chi connectivity index (χ4n) is 1.61. The number of carboxylic acid groups (broad SMARTS) is 1. The molecule has 5 heteroatoms. The van der Waals surface area contributed by atoms with Gasteiger partial charge in [-0.25, -0.2) is 9.78 Å². The third-order valence-corrected chi connectivity index (χ3v) is 2.44. The number of aliphatic carboxylic acids is 1. The number of ether oxygens (including phenoxy) is 1. The van der Waals surface area contributed by atoms with Gasteiger partial charge in [-0.05, 0) is 18.2 Å². The summed E-state index contributed by atoms with van der Waals surface area (Å²) >= 11 is 0. The standard InChI is InChI=1S/C14H18N2O3/c1-3-9-16(10-11-19-2)14-12(5-4-8-15-14)6-7-13(17)18/h3-8H,1,9-11H2,2H3,(H,17,18)/b7-6+. The number of anilines is 1. The molecule has 5 nitrogen and oxygen atoms in total. The van der Waals surface area contributed by atoms with Gasteiger partial charge in [0.05, 0.1) is 6.61 Å². The van der Waals surface area contributed by atoms with Crippen molar-refractivity contribution < 1.29 is 14.6 Å². The molecule has 0 atom stereocenters. The Hall–Kier alpha value is -2.14. The summed E-state index contributed by atoms with van der Waals surface area (Å²) < 4.78 is 5.06. The van der Waals surface area contributed by atoms with Gasteiger partial charge in [-0.15, -0.1) is 6.58 Å². The van der Waals surface area contributed by atoms with Crippen LogP contribution in [0.3, 0.4) is 0 Å². The first kappa shape index (κ1) is 14.9. The molecule has 0 bridgehead atoms. The van der Waals surface area contributed by atoms with Crippen LogP contribution in [0.25, 0.3) is 6.08 Å². The first-order valence-electron chi connectivity index (χ1n) is 5.90. The van der Waals surface area contributed by atoms with Crippen molar-refractivity contribution in [1.82, 2.24) is 4.98 Å². The van der Waals surface area contributed by atoms with Crippen molar-refractivity contribution >= 4 is 17.9 Å². The molecule has 0 aliphatic rings. The van der Waals surface area contributed by atoms with Crippen LogP contribution in [-0.2, 0) is 9.53 Å². The van der Waals surface area contributed by atoms with Crippen LogP contribution in [0.4, 0.5) is 5.82 Å². The van der Waals surface area contributed by atoms with Crippen LogP contribution in [0.5, 0.6) is 0 Å². The van der Waals surface area contributed by atoms with Crippen LogP contribution in [0.15, 0.2) is 37.1 Å². The topological polar surface area (TPSA) is 62.7 Å². The van der Waals surface area contributed by atoms with Gasteiger partial charge >= 0.3 is 5.97 Å². The maximum Gasteiger partial charge on any atom is 0.328 e. The summed E-state index contributed by atoms with van der Waals surface area (Å²) in [5.41, 5.74) is 0.753. The summed E-state index contributed by atoms with van der Waals surface area (Å²) in [4.78, 5) is 16.9. The highest BCUT2D eigenvalue weighted by Gasteiger charge is 2.09.